The number of aromatic nitrogens is 2. The van der Waals surface area contributed by atoms with Crippen LogP contribution in [0, 0.1) is 0 Å². The molecule has 1 aliphatic rings. The molecule has 1 aliphatic heterocycles. The van der Waals surface area contributed by atoms with Crippen molar-refractivity contribution in [3.63, 3.8) is 0 Å². The van der Waals surface area contributed by atoms with Crippen molar-refractivity contribution in [1.29, 1.82) is 0 Å². The van der Waals surface area contributed by atoms with Gasteiger partial charge in [0.1, 0.15) is 5.82 Å². The molecule has 1 aromatic heterocycles. The van der Waals surface area contributed by atoms with Crippen molar-refractivity contribution in [2.75, 3.05) is 39.8 Å². The molecule has 142 valence electrons. The van der Waals surface area contributed by atoms with Crippen LogP contribution in [-0.4, -0.2) is 64.7 Å². The molecule has 1 fully saturated rings. The van der Waals surface area contributed by atoms with Gasteiger partial charge in [-0.15, -0.1) is 0 Å². The maximum Gasteiger partial charge on any atom is 0.139 e. The fourth-order valence-electron chi connectivity index (χ4n) is 3.91. The molecule has 0 spiro atoms. The molecule has 0 saturated carbocycles. The summed E-state index contributed by atoms with van der Waals surface area (Å²) in [7, 11) is 4.17. The van der Waals surface area contributed by atoms with E-state index in [1.165, 1.54) is 11.3 Å². The zero-order chi connectivity index (χ0) is 18.7. The van der Waals surface area contributed by atoms with Crippen LogP contribution < -0.4 is 5.32 Å². The first-order valence-electron chi connectivity index (χ1n) is 9.62. The number of nitrogens with zero attached hydrogens (tertiary/aromatic N) is 4. The minimum atomic E-state index is 0.248. The largest absolute Gasteiger partial charge is 0.330 e. The Bertz CT molecular complexity index is 693. The third-order valence-electron chi connectivity index (χ3n) is 5.50. The summed E-state index contributed by atoms with van der Waals surface area (Å²) in [6.07, 6.45) is 2.06. The number of nitrogens with one attached hydrogen (secondary N) is 1. The van der Waals surface area contributed by atoms with Gasteiger partial charge in [-0.25, -0.2) is 4.98 Å². The van der Waals surface area contributed by atoms with Gasteiger partial charge in [0.05, 0.1) is 17.9 Å². The highest BCUT2D eigenvalue weighted by Gasteiger charge is 2.31. The second-order valence-electron chi connectivity index (χ2n) is 8.20. The number of hydrogen-bond donors (Lipinski definition) is 1. The Labute approximate surface area is 158 Å². The van der Waals surface area contributed by atoms with Crippen LogP contribution in [0.25, 0.3) is 11.4 Å². The first-order valence-corrected chi connectivity index (χ1v) is 9.62. The van der Waals surface area contributed by atoms with Crippen molar-refractivity contribution in [2.24, 2.45) is 7.05 Å². The van der Waals surface area contributed by atoms with E-state index in [9.17, 15) is 0 Å². The second-order valence-corrected chi connectivity index (χ2v) is 8.20. The van der Waals surface area contributed by atoms with E-state index in [0.717, 1.165) is 38.5 Å². The third kappa shape index (κ3) is 4.00. The number of piperazine rings is 1. The van der Waals surface area contributed by atoms with Gasteiger partial charge >= 0.3 is 0 Å². The zero-order valence-corrected chi connectivity index (χ0v) is 16.9. The Morgan fingerprint density at radius 3 is 2.31 bits per heavy atom. The van der Waals surface area contributed by atoms with E-state index in [1.54, 1.807) is 0 Å². The highest BCUT2D eigenvalue weighted by Crippen LogP contribution is 2.27. The molecule has 2 heterocycles. The molecule has 0 bridgehead atoms. The van der Waals surface area contributed by atoms with Gasteiger partial charge in [-0.2, -0.15) is 0 Å². The standard InChI is InChI=1S/C21H33N5/c1-21(2,3)26-13-11-25(12-14-26)19(15-22-4)18-16-23-20(24(18)5)17-9-7-6-8-10-17/h6-10,16,19,22H,11-15H2,1-5H3. The lowest BCUT2D eigenvalue weighted by atomic mass is 10.0. The van der Waals surface area contributed by atoms with Crippen LogP contribution in [-0.2, 0) is 7.05 Å². The number of hydrogen-bond acceptors (Lipinski definition) is 4. The van der Waals surface area contributed by atoms with Crippen molar-refractivity contribution in [1.82, 2.24) is 24.7 Å². The Kier molecular flexibility index (Phi) is 5.80. The summed E-state index contributed by atoms with van der Waals surface area (Å²) < 4.78 is 2.26. The number of benzene rings is 1. The van der Waals surface area contributed by atoms with Gasteiger partial charge in [0.25, 0.3) is 0 Å². The molecule has 0 amide bonds. The maximum atomic E-state index is 4.74. The summed E-state index contributed by atoms with van der Waals surface area (Å²) in [6.45, 7) is 12.3. The molecule has 1 unspecified atom stereocenters. The number of rotatable bonds is 5. The van der Waals surface area contributed by atoms with Crippen LogP contribution in [0.5, 0.6) is 0 Å². The lowest BCUT2D eigenvalue weighted by molar-refractivity contribution is 0.0405. The van der Waals surface area contributed by atoms with Crippen LogP contribution in [0.2, 0.25) is 0 Å². The monoisotopic (exact) mass is 355 g/mol. The van der Waals surface area contributed by atoms with Gasteiger partial charge in [-0.05, 0) is 27.8 Å². The number of likely N-dealkylation sites (N-methyl/N-ethyl adjacent to an activating group) is 1. The third-order valence-corrected chi connectivity index (χ3v) is 5.50. The Morgan fingerprint density at radius 1 is 1.08 bits per heavy atom. The summed E-state index contributed by atoms with van der Waals surface area (Å²) in [6, 6.07) is 10.8. The molecular formula is C21H33N5. The summed E-state index contributed by atoms with van der Waals surface area (Å²) in [5, 5.41) is 3.38. The molecule has 1 atom stereocenters. The van der Waals surface area contributed by atoms with E-state index in [-0.39, 0.29) is 5.54 Å². The first-order chi connectivity index (χ1) is 12.4. The van der Waals surface area contributed by atoms with E-state index in [4.69, 9.17) is 4.98 Å². The van der Waals surface area contributed by atoms with E-state index in [2.05, 4.69) is 78.0 Å². The lowest BCUT2D eigenvalue weighted by Gasteiger charge is -2.44. The summed E-state index contributed by atoms with van der Waals surface area (Å²) in [5.74, 6) is 1.04. The maximum absolute atomic E-state index is 4.74. The second kappa shape index (κ2) is 7.91. The van der Waals surface area contributed by atoms with Gasteiger partial charge in [0.2, 0.25) is 0 Å². The zero-order valence-electron chi connectivity index (χ0n) is 16.9. The normalized spacial score (nSPS) is 18.2. The molecule has 0 aliphatic carbocycles. The van der Waals surface area contributed by atoms with E-state index >= 15 is 0 Å². The fourth-order valence-corrected chi connectivity index (χ4v) is 3.91. The SMILES string of the molecule is CNCC(c1cnc(-c2ccccc2)n1C)N1CCN(C(C)(C)C)CC1. The molecule has 5 heteroatoms. The minimum absolute atomic E-state index is 0.248. The van der Waals surface area contributed by atoms with Crippen LogP contribution >= 0.6 is 0 Å². The summed E-state index contributed by atoms with van der Waals surface area (Å²) in [4.78, 5) is 9.92. The molecule has 2 aromatic rings. The quantitative estimate of drug-likeness (QED) is 0.895. The average molecular weight is 356 g/mol. The number of imidazole rings is 1. The Hall–Kier alpha value is -1.69. The average Bonchev–Trinajstić information content (AvgIpc) is 3.01. The van der Waals surface area contributed by atoms with Crippen molar-refractivity contribution in [3.8, 4) is 11.4 Å². The van der Waals surface area contributed by atoms with E-state index in [0.29, 0.717) is 6.04 Å². The first kappa shape index (κ1) is 19.1. The lowest BCUT2D eigenvalue weighted by Crippen LogP contribution is -2.54. The topological polar surface area (TPSA) is 36.3 Å². The van der Waals surface area contributed by atoms with E-state index < -0.39 is 0 Å². The Balaban J connectivity index is 1.80. The van der Waals surface area contributed by atoms with Gasteiger partial charge < -0.3 is 9.88 Å². The highest BCUT2D eigenvalue weighted by molar-refractivity contribution is 5.55. The van der Waals surface area contributed by atoms with Crippen LogP contribution in [0.1, 0.15) is 32.5 Å². The highest BCUT2D eigenvalue weighted by atomic mass is 15.3. The Morgan fingerprint density at radius 2 is 1.73 bits per heavy atom. The molecule has 1 aromatic carbocycles. The van der Waals surface area contributed by atoms with Gasteiger partial charge in [0.15, 0.2) is 0 Å². The van der Waals surface area contributed by atoms with Crippen LogP contribution in [0.3, 0.4) is 0 Å². The minimum Gasteiger partial charge on any atom is -0.330 e. The van der Waals surface area contributed by atoms with Gasteiger partial charge in [-0.1, -0.05) is 30.3 Å². The van der Waals surface area contributed by atoms with Gasteiger partial charge in [-0.3, -0.25) is 9.80 Å². The van der Waals surface area contributed by atoms with Gasteiger partial charge in [0, 0.05) is 50.9 Å². The molecular weight excluding hydrogens is 322 g/mol. The summed E-state index contributed by atoms with van der Waals surface area (Å²) in [5.41, 5.74) is 2.70. The molecule has 3 rings (SSSR count). The van der Waals surface area contributed by atoms with Crippen molar-refractivity contribution >= 4 is 0 Å². The predicted octanol–water partition coefficient (Wildman–Crippen LogP) is 2.76. The summed E-state index contributed by atoms with van der Waals surface area (Å²) >= 11 is 0. The molecule has 1 N–H and O–H groups in total. The molecule has 1 saturated heterocycles. The molecule has 5 nitrogen and oxygen atoms in total. The smallest absolute Gasteiger partial charge is 0.139 e. The predicted molar refractivity (Wildman–Crippen MR) is 108 cm³/mol. The molecule has 0 radical (unpaired) electrons. The molecule has 26 heavy (non-hydrogen) atoms. The van der Waals surface area contributed by atoms with Crippen LogP contribution in [0.15, 0.2) is 36.5 Å². The fraction of sp³-hybridized carbons (Fsp3) is 0.571. The van der Waals surface area contributed by atoms with E-state index in [1.807, 2.05) is 13.1 Å². The van der Waals surface area contributed by atoms with Crippen molar-refractivity contribution in [2.45, 2.75) is 32.4 Å². The van der Waals surface area contributed by atoms with Crippen molar-refractivity contribution in [3.05, 3.63) is 42.2 Å². The van der Waals surface area contributed by atoms with Crippen LogP contribution in [0.4, 0.5) is 0 Å². The van der Waals surface area contributed by atoms with Crippen molar-refractivity contribution < 1.29 is 0 Å².